The molecule has 0 N–H and O–H groups in total. The van der Waals surface area contributed by atoms with Gasteiger partial charge in [0.15, 0.2) is 0 Å². The first-order valence-electron chi connectivity index (χ1n) is 14.4. The molecule has 0 saturated heterocycles. The van der Waals surface area contributed by atoms with Crippen molar-refractivity contribution in [1.82, 2.24) is 9.97 Å². The van der Waals surface area contributed by atoms with Crippen LogP contribution in [0.4, 0.5) is 0 Å². The Bertz CT molecular complexity index is 1570. The summed E-state index contributed by atoms with van der Waals surface area (Å²) in [5, 5.41) is 1.47. The van der Waals surface area contributed by atoms with Crippen LogP contribution < -0.4 is 5.19 Å². The number of hydrogen-bond acceptors (Lipinski definition) is 2. The van der Waals surface area contributed by atoms with Crippen molar-refractivity contribution in [3.63, 3.8) is 0 Å². The molecule has 42 heavy (non-hydrogen) atoms. The summed E-state index contributed by atoms with van der Waals surface area (Å²) >= 11 is 0. The van der Waals surface area contributed by atoms with Crippen molar-refractivity contribution in [2.24, 2.45) is 0 Å². The summed E-state index contributed by atoms with van der Waals surface area (Å²) in [4.78, 5) is 9.19. The maximum Gasteiger partial charge on any atom is 0.0799 e. The van der Waals surface area contributed by atoms with E-state index in [1.54, 1.807) is 0 Å². The van der Waals surface area contributed by atoms with Crippen molar-refractivity contribution >= 4 is 13.3 Å². The monoisotopic (exact) mass is 747 g/mol. The van der Waals surface area contributed by atoms with Gasteiger partial charge in [0.05, 0.1) is 8.07 Å². The zero-order valence-corrected chi connectivity index (χ0v) is 29.5. The van der Waals surface area contributed by atoms with Crippen molar-refractivity contribution in [2.75, 3.05) is 0 Å². The van der Waals surface area contributed by atoms with Crippen LogP contribution in [0.25, 0.3) is 33.6 Å². The number of benzene rings is 3. The smallest absolute Gasteiger partial charge is 0.0799 e. The van der Waals surface area contributed by atoms with Crippen LogP contribution in [0.5, 0.6) is 0 Å². The molecule has 0 spiro atoms. The Morgan fingerprint density at radius 3 is 1.98 bits per heavy atom. The Kier molecular flexibility index (Phi) is 11.4. The van der Waals surface area contributed by atoms with Gasteiger partial charge < -0.3 is 9.97 Å². The second kappa shape index (κ2) is 14.3. The van der Waals surface area contributed by atoms with E-state index in [9.17, 15) is 0 Å². The fourth-order valence-corrected chi connectivity index (χ4v) is 6.42. The summed E-state index contributed by atoms with van der Waals surface area (Å²) in [6, 6.07) is 37.7. The second-order valence-electron chi connectivity index (χ2n) is 12.9. The molecule has 0 atom stereocenters. The number of hydrogen-bond donors (Lipinski definition) is 0. The fourth-order valence-electron chi connectivity index (χ4n) is 4.74. The Hall–Kier alpha value is -3.17. The van der Waals surface area contributed by atoms with Gasteiger partial charge in [-0.05, 0) is 45.1 Å². The SMILES string of the molecule is CC(C)(C)c1cc[c-]c(-c2cc(-c3ccccc3)ccn2)c1.CC(C)c1cc(-c2[c-]cccc2)ncc1[Si](C)(C)C.[Ir]. The molecule has 0 bridgehead atoms. The Labute approximate surface area is 268 Å². The van der Waals surface area contributed by atoms with E-state index >= 15 is 0 Å². The van der Waals surface area contributed by atoms with Gasteiger partial charge in [-0.3, -0.25) is 0 Å². The molecule has 2 nitrogen and oxygen atoms in total. The van der Waals surface area contributed by atoms with Crippen LogP contribution in [0.15, 0.2) is 103 Å². The molecular formula is C38H42IrN2Si-2. The first-order chi connectivity index (χ1) is 19.4. The van der Waals surface area contributed by atoms with Crippen molar-refractivity contribution in [3.8, 4) is 33.6 Å². The molecule has 0 aliphatic heterocycles. The van der Waals surface area contributed by atoms with Crippen LogP contribution >= 0.6 is 0 Å². The van der Waals surface area contributed by atoms with Gasteiger partial charge in [0.1, 0.15) is 0 Å². The van der Waals surface area contributed by atoms with E-state index in [4.69, 9.17) is 0 Å². The van der Waals surface area contributed by atoms with E-state index in [-0.39, 0.29) is 25.5 Å². The van der Waals surface area contributed by atoms with Gasteiger partial charge in [-0.1, -0.05) is 102 Å². The summed E-state index contributed by atoms with van der Waals surface area (Å²) in [6.07, 6.45) is 3.97. The van der Waals surface area contributed by atoms with Crippen molar-refractivity contribution < 1.29 is 20.1 Å². The summed E-state index contributed by atoms with van der Waals surface area (Å²) in [7, 11) is -1.34. The Morgan fingerprint density at radius 2 is 1.36 bits per heavy atom. The van der Waals surface area contributed by atoms with Gasteiger partial charge >= 0.3 is 0 Å². The van der Waals surface area contributed by atoms with Gasteiger partial charge in [0, 0.05) is 32.5 Å². The molecule has 1 radical (unpaired) electrons. The molecule has 4 heteroatoms. The maximum atomic E-state index is 4.66. The molecule has 5 aromatic rings. The van der Waals surface area contributed by atoms with Crippen molar-refractivity contribution in [1.29, 1.82) is 0 Å². The minimum Gasteiger partial charge on any atom is -0.305 e. The predicted octanol–water partition coefficient (Wildman–Crippen LogP) is 9.73. The molecule has 2 heterocycles. The second-order valence-corrected chi connectivity index (χ2v) is 17.9. The van der Waals surface area contributed by atoms with E-state index in [0.29, 0.717) is 5.92 Å². The van der Waals surface area contributed by atoms with Crippen LogP contribution in [0.3, 0.4) is 0 Å². The van der Waals surface area contributed by atoms with Gasteiger partial charge in [0.2, 0.25) is 0 Å². The van der Waals surface area contributed by atoms with Crippen LogP contribution in [0.1, 0.15) is 51.7 Å². The third-order valence-electron chi connectivity index (χ3n) is 7.16. The molecule has 0 fully saturated rings. The third kappa shape index (κ3) is 8.67. The number of pyridine rings is 2. The topological polar surface area (TPSA) is 25.8 Å². The minimum atomic E-state index is -1.34. The average molecular weight is 747 g/mol. The summed E-state index contributed by atoms with van der Waals surface area (Å²) in [5.74, 6) is 0.534. The molecule has 0 saturated carbocycles. The predicted molar refractivity (Wildman–Crippen MR) is 178 cm³/mol. The Balaban J connectivity index is 0.000000228. The largest absolute Gasteiger partial charge is 0.305 e. The summed E-state index contributed by atoms with van der Waals surface area (Å²) in [5.41, 5.74) is 9.38. The molecule has 0 amide bonds. The molecule has 3 aromatic carbocycles. The van der Waals surface area contributed by atoms with Crippen LogP contribution in [-0.4, -0.2) is 18.0 Å². The first kappa shape index (κ1) is 33.3. The molecule has 219 valence electrons. The number of nitrogens with zero attached hydrogens (tertiary/aromatic N) is 2. The van der Waals surface area contributed by atoms with Crippen LogP contribution in [-0.2, 0) is 25.5 Å². The number of rotatable bonds is 5. The molecule has 0 aliphatic carbocycles. The molecule has 5 rings (SSSR count). The zero-order valence-electron chi connectivity index (χ0n) is 26.1. The minimum absolute atomic E-state index is 0. The first-order valence-corrected chi connectivity index (χ1v) is 17.9. The van der Waals surface area contributed by atoms with E-state index in [1.807, 2.05) is 42.6 Å². The molecule has 0 unspecified atom stereocenters. The van der Waals surface area contributed by atoms with Gasteiger partial charge in [-0.25, -0.2) is 0 Å². The van der Waals surface area contributed by atoms with E-state index in [2.05, 4.69) is 137 Å². The molecule has 0 aliphatic rings. The van der Waals surface area contributed by atoms with E-state index in [1.165, 1.54) is 27.4 Å². The summed E-state index contributed by atoms with van der Waals surface area (Å²) < 4.78 is 0. The van der Waals surface area contributed by atoms with Gasteiger partial charge in [0.25, 0.3) is 0 Å². The van der Waals surface area contributed by atoms with Crippen molar-refractivity contribution in [2.45, 2.75) is 65.6 Å². The molecular weight excluding hydrogens is 705 g/mol. The fraction of sp³-hybridized carbons (Fsp3) is 0.263. The van der Waals surface area contributed by atoms with Gasteiger partial charge in [-0.15, -0.1) is 71.3 Å². The molecule has 2 aromatic heterocycles. The average Bonchev–Trinajstić information content (AvgIpc) is 2.97. The van der Waals surface area contributed by atoms with E-state index in [0.717, 1.165) is 22.5 Å². The Morgan fingerprint density at radius 1 is 0.690 bits per heavy atom. The zero-order chi connectivity index (χ0) is 29.6. The third-order valence-corrected chi connectivity index (χ3v) is 9.20. The number of aromatic nitrogens is 2. The van der Waals surface area contributed by atoms with Crippen LogP contribution in [0, 0.1) is 12.1 Å². The summed E-state index contributed by atoms with van der Waals surface area (Å²) in [6.45, 7) is 18.3. The van der Waals surface area contributed by atoms with E-state index < -0.39 is 8.07 Å². The van der Waals surface area contributed by atoms with Crippen LogP contribution in [0.2, 0.25) is 19.6 Å². The van der Waals surface area contributed by atoms with Gasteiger partial charge in [-0.2, -0.15) is 0 Å². The van der Waals surface area contributed by atoms with Crippen molar-refractivity contribution in [3.05, 3.63) is 127 Å². The maximum absolute atomic E-state index is 4.66. The standard InChI is InChI=1S/C21H20N.C17H22NSi.Ir/c1-21(2,3)19-11-7-10-18(14-19)20-15-17(12-13-22-20)16-8-5-4-6-9-16;1-13(2)15-11-16(14-9-7-6-8-10-14)18-12-17(15)19(3,4)5;/h4-9,11-15H,1-3H3;6-9,11-13H,1-5H3;/q2*-1;. The quantitative estimate of drug-likeness (QED) is 0.132. The normalized spacial score (nSPS) is 11.4.